The molecule has 2 aliphatic rings. The third-order valence-corrected chi connectivity index (χ3v) is 5.46. The van der Waals surface area contributed by atoms with Crippen molar-refractivity contribution in [2.24, 2.45) is 0 Å². The Morgan fingerprint density at radius 1 is 0.750 bits per heavy atom. The van der Waals surface area contributed by atoms with Gasteiger partial charge in [-0.15, -0.1) is 0 Å². The van der Waals surface area contributed by atoms with Crippen LogP contribution < -0.4 is 9.47 Å². The van der Waals surface area contributed by atoms with Crippen molar-refractivity contribution in [1.82, 2.24) is 4.90 Å². The molecule has 3 aromatic carbocycles. The van der Waals surface area contributed by atoms with Gasteiger partial charge in [0, 0.05) is 11.1 Å². The van der Waals surface area contributed by atoms with Gasteiger partial charge in [-0.05, 0) is 36.4 Å². The number of hydrogen-bond acceptors (Lipinski definition) is 4. The summed E-state index contributed by atoms with van der Waals surface area (Å²) in [6.07, 6.45) is -0.116. The molecule has 4 heteroatoms. The van der Waals surface area contributed by atoms with Crippen LogP contribution in [-0.2, 0) is 18.0 Å². The molecule has 2 aliphatic heterocycles. The lowest BCUT2D eigenvalue weighted by molar-refractivity contribution is 0.0899. The van der Waals surface area contributed by atoms with Gasteiger partial charge in [0.25, 0.3) is 0 Å². The number of likely N-dealkylation sites (N-methyl/N-ethyl adjacent to an activating group) is 1. The van der Waals surface area contributed by atoms with Crippen molar-refractivity contribution in [2.75, 3.05) is 13.8 Å². The number of benzene rings is 3. The average Bonchev–Trinajstić information content (AvgIpc) is 3.12. The number of ether oxygens (including phenoxy) is 3. The molecule has 3 aromatic rings. The monoisotopic (exact) mass is 373 g/mol. The molecule has 0 spiro atoms. The van der Waals surface area contributed by atoms with Gasteiger partial charge in [0.1, 0.15) is 37.5 Å². The molecule has 0 unspecified atom stereocenters. The maximum Gasteiger partial charge on any atom is 0.125 e. The zero-order chi connectivity index (χ0) is 18.9. The molecule has 2 bridgehead atoms. The van der Waals surface area contributed by atoms with Crippen molar-refractivity contribution >= 4 is 0 Å². The molecule has 0 radical (unpaired) electrons. The minimum Gasteiger partial charge on any atom is -0.489 e. The first-order valence-electron chi connectivity index (χ1n) is 9.63. The highest BCUT2D eigenvalue weighted by Crippen LogP contribution is 2.46. The Bertz CT molecular complexity index is 987. The quantitative estimate of drug-likeness (QED) is 0.563. The Morgan fingerprint density at radius 2 is 1.36 bits per heavy atom. The highest BCUT2D eigenvalue weighted by Gasteiger charge is 2.38. The Morgan fingerprint density at radius 3 is 2.07 bits per heavy atom. The molecule has 2 atom stereocenters. The van der Waals surface area contributed by atoms with Crippen LogP contribution in [0.15, 0.2) is 72.8 Å². The minimum atomic E-state index is -0.116. The lowest BCUT2D eigenvalue weighted by atomic mass is 9.94. The van der Waals surface area contributed by atoms with Crippen LogP contribution in [0, 0.1) is 0 Å². The first kappa shape index (κ1) is 17.3. The number of fused-ring (bicyclic) bond motifs is 7. The molecule has 0 saturated carbocycles. The molecular weight excluding hydrogens is 350 g/mol. The van der Waals surface area contributed by atoms with Crippen LogP contribution in [0.5, 0.6) is 11.5 Å². The van der Waals surface area contributed by atoms with Crippen LogP contribution in [0.1, 0.15) is 34.4 Å². The lowest BCUT2D eigenvalue weighted by Gasteiger charge is -2.26. The molecule has 1 saturated heterocycles. The summed E-state index contributed by atoms with van der Waals surface area (Å²) in [6.45, 7) is 1.61. The van der Waals surface area contributed by atoms with Gasteiger partial charge >= 0.3 is 0 Å². The van der Waals surface area contributed by atoms with Gasteiger partial charge < -0.3 is 14.2 Å². The summed E-state index contributed by atoms with van der Waals surface area (Å²) in [5.41, 5.74) is 4.47. The van der Waals surface area contributed by atoms with E-state index in [4.69, 9.17) is 14.2 Å². The van der Waals surface area contributed by atoms with Crippen LogP contribution in [0.25, 0.3) is 0 Å². The largest absolute Gasteiger partial charge is 0.489 e. The Kier molecular flexibility index (Phi) is 4.51. The number of hydrogen-bond donors (Lipinski definition) is 0. The molecule has 0 aromatic heterocycles. The van der Waals surface area contributed by atoms with Gasteiger partial charge in [0.2, 0.25) is 0 Å². The van der Waals surface area contributed by atoms with Crippen molar-refractivity contribution < 1.29 is 14.2 Å². The van der Waals surface area contributed by atoms with Crippen molar-refractivity contribution in [3.05, 3.63) is 95.1 Å². The summed E-state index contributed by atoms with van der Waals surface area (Å²) < 4.78 is 18.7. The standard InChI is InChI=1S/C24H23NO3/c1-25-16-28-24-20-10-3-5-12-22(20)27-15-18-8-6-7-17(13-18)14-26-21-11-4-2-9-19(21)23(24)25/h2-13,23-24H,14-16H2,1H3/t23-,24+/m0/s1. The van der Waals surface area contributed by atoms with E-state index < -0.39 is 0 Å². The van der Waals surface area contributed by atoms with Crippen LogP contribution in [0.3, 0.4) is 0 Å². The van der Waals surface area contributed by atoms with E-state index in [1.54, 1.807) is 0 Å². The molecule has 28 heavy (non-hydrogen) atoms. The molecule has 142 valence electrons. The number of rotatable bonds is 0. The fourth-order valence-electron chi connectivity index (χ4n) is 4.10. The van der Waals surface area contributed by atoms with Gasteiger partial charge in [-0.1, -0.05) is 54.6 Å². The summed E-state index contributed by atoms with van der Waals surface area (Å²) in [5.74, 6) is 1.77. The average molecular weight is 373 g/mol. The van der Waals surface area contributed by atoms with E-state index in [-0.39, 0.29) is 12.1 Å². The van der Waals surface area contributed by atoms with Gasteiger partial charge in [-0.3, -0.25) is 4.90 Å². The smallest absolute Gasteiger partial charge is 0.125 e. The second-order valence-electron chi connectivity index (χ2n) is 7.39. The van der Waals surface area contributed by atoms with E-state index in [0.29, 0.717) is 19.9 Å². The second kappa shape index (κ2) is 7.30. The first-order chi connectivity index (χ1) is 13.8. The first-order valence-corrected chi connectivity index (χ1v) is 9.63. The zero-order valence-electron chi connectivity index (χ0n) is 15.9. The van der Waals surface area contributed by atoms with Crippen molar-refractivity contribution in [3.8, 4) is 11.5 Å². The zero-order valence-corrected chi connectivity index (χ0v) is 15.9. The summed E-state index contributed by atoms with van der Waals surface area (Å²) in [4.78, 5) is 2.23. The van der Waals surface area contributed by atoms with E-state index in [0.717, 1.165) is 33.8 Å². The van der Waals surface area contributed by atoms with E-state index >= 15 is 0 Å². The summed E-state index contributed by atoms with van der Waals surface area (Å²) >= 11 is 0. The fraction of sp³-hybridized carbons (Fsp3) is 0.250. The van der Waals surface area contributed by atoms with Gasteiger partial charge in [-0.2, -0.15) is 0 Å². The van der Waals surface area contributed by atoms with Crippen molar-refractivity contribution in [1.29, 1.82) is 0 Å². The molecule has 5 rings (SSSR count). The van der Waals surface area contributed by atoms with Crippen LogP contribution in [0.4, 0.5) is 0 Å². The Hall–Kier alpha value is -2.82. The topological polar surface area (TPSA) is 30.9 Å². The highest BCUT2D eigenvalue weighted by atomic mass is 16.5. The fourth-order valence-corrected chi connectivity index (χ4v) is 4.10. The molecular formula is C24H23NO3. The molecule has 0 N–H and O–H groups in total. The van der Waals surface area contributed by atoms with Gasteiger partial charge in [0.05, 0.1) is 6.04 Å². The molecule has 2 heterocycles. The normalized spacial score (nSPS) is 21.6. The molecule has 0 aliphatic carbocycles. The van der Waals surface area contributed by atoms with Crippen LogP contribution in [0.2, 0.25) is 0 Å². The highest BCUT2D eigenvalue weighted by molar-refractivity contribution is 5.43. The Balaban J connectivity index is 1.66. The van der Waals surface area contributed by atoms with Crippen LogP contribution >= 0.6 is 0 Å². The van der Waals surface area contributed by atoms with E-state index in [2.05, 4.69) is 54.4 Å². The third-order valence-electron chi connectivity index (χ3n) is 5.46. The maximum atomic E-state index is 6.26. The second-order valence-corrected chi connectivity index (χ2v) is 7.39. The number of para-hydroxylation sites is 2. The summed E-state index contributed by atoms with van der Waals surface area (Å²) in [5, 5.41) is 0. The van der Waals surface area contributed by atoms with Crippen molar-refractivity contribution in [3.63, 3.8) is 0 Å². The van der Waals surface area contributed by atoms with Crippen LogP contribution in [-0.4, -0.2) is 18.7 Å². The van der Waals surface area contributed by atoms with E-state index in [1.807, 2.05) is 30.3 Å². The van der Waals surface area contributed by atoms with Gasteiger partial charge in [0.15, 0.2) is 0 Å². The molecule has 1 fully saturated rings. The molecule has 0 amide bonds. The maximum absolute atomic E-state index is 6.26. The van der Waals surface area contributed by atoms with Gasteiger partial charge in [-0.25, -0.2) is 0 Å². The van der Waals surface area contributed by atoms with E-state index in [1.165, 1.54) is 0 Å². The third kappa shape index (κ3) is 3.15. The Labute approximate surface area is 165 Å². The summed E-state index contributed by atoms with van der Waals surface area (Å²) in [7, 11) is 2.09. The van der Waals surface area contributed by atoms with E-state index in [9.17, 15) is 0 Å². The van der Waals surface area contributed by atoms with Crippen molar-refractivity contribution in [2.45, 2.75) is 25.4 Å². The summed E-state index contributed by atoms with van der Waals surface area (Å²) in [6, 6.07) is 24.9. The predicted octanol–water partition coefficient (Wildman–Crippen LogP) is 4.86. The number of nitrogens with zero attached hydrogens (tertiary/aromatic N) is 1. The minimum absolute atomic E-state index is 0.0600. The molecule has 4 nitrogen and oxygen atoms in total. The lowest BCUT2D eigenvalue weighted by Crippen LogP contribution is -2.21. The predicted molar refractivity (Wildman–Crippen MR) is 107 cm³/mol. The SMILES string of the molecule is CN1CO[C@@H]2c3ccccc3OCc3cccc(c3)COc3ccccc3[C@@H]21.